The molecular formula is C5H6F7N. The van der Waals surface area contributed by atoms with Crippen LogP contribution in [0.1, 0.15) is 6.92 Å². The molecule has 1 nitrogen and oxygen atoms in total. The predicted molar refractivity (Wildman–Crippen MR) is 29.6 cm³/mol. The molecular weight excluding hydrogens is 207 g/mol. The number of hydrogen-bond donors (Lipinski definition) is 1. The van der Waals surface area contributed by atoms with Crippen LogP contribution in [0, 0.1) is 0 Å². The topological polar surface area (TPSA) is 26.0 Å². The van der Waals surface area contributed by atoms with Crippen molar-refractivity contribution in [3.8, 4) is 0 Å². The van der Waals surface area contributed by atoms with Gasteiger partial charge in [0.25, 0.3) is 0 Å². The Kier molecular flexibility index (Phi) is 2.88. The molecule has 0 bridgehead atoms. The predicted octanol–water partition coefficient (Wildman–Crippen LogP) is 2.17. The van der Waals surface area contributed by atoms with Crippen molar-refractivity contribution in [3.05, 3.63) is 0 Å². The maximum atomic E-state index is 12.1. The van der Waals surface area contributed by atoms with Crippen LogP contribution in [0.25, 0.3) is 0 Å². The Balaban J connectivity index is 5.04. The fourth-order valence-electron chi connectivity index (χ4n) is 0.472. The molecule has 0 radical (unpaired) electrons. The van der Waals surface area contributed by atoms with Crippen molar-refractivity contribution in [2.75, 3.05) is 0 Å². The molecule has 1 unspecified atom stereocenters. The number of nitrogens with two attached hydrogens (primary N) is 1. The van der Waals surface area contributed by atoms with E-state index < -0.39 is 24.1 Å². The highest BCUT2D eigenvalue weighted by atomic mass is 19.3. The summed E-state index contributed by atoms with van der Waals surface area (Å²) in [5.41, 5.74) is 3.51. The van der Waals surface area contributed by atoms with Crippen LogP contribution < -0.4 is 5.73 Å². The lowest BCUT2D eigenvalue weighted by molar-refractivity contribution is -0.321. The van der Waals surface area contributed by atoms with Gasteiger partial charge in [0.15, 0.2) is 6.17 Å². The summed E-state index contributed by atoms with van der Waals surface area (Å²) >= 11 is 0. The molecule has 0 aliphatic carbocycles. The van der Waals surface area contributed by atoms with E-state index in [9.17, 15) is 30.7 Å². The maximum Gasteiger partial charge on any atom is 0.388 e. The zero-order valence-corrected chi connectivity index (χ0v) is 6.30. The standard InChI is InChI=1S/C5H6F7N/c1-2(6)3(7,8)4(9,10)5(11,12)13/h2H,13H2,1H3. The van der Waals surface area contributed by atoms with Crippen LogP contribution in [-0.2, 0) is 0 Å². The van der Waals surface area contributed by atoms with Gasteiger partial charge in [-0.05, 0) is 6.92 Å². The Morgan fingerprint density at radius 1 is 1.00 bits per heavy atom. The maximum absolute atomic E-state index is 12.1. The molecule has 0 aromatic heterocycles. The lowest BCUT2D eigenvalue weighted by Crippen LogP contribution is -2.61. The average Bonchev–Trinajstić information content (AvgIpc) is 1.84. The average molecular weight is 213 g/mol. The minimum Gasteiger partial charge on any atom is -0.267 e. The van der Waals surface area contributed by atoms with Gasteiger partial charge in [-0.25, -0.2) is 4.39 Å². The van der Waals surface area contributed by atoms with E-state index in [1.165, 1.54) is 0 Å². The highest BCUT2D eigenvalue weighted by Crippen LogP contribution is 2.45. The van der Waals surface area contributed by atoms with Gasteiger partial charge in [0.2, 0.25) is 0 Å². The Hall–Kier alpha value is -0.530. The highest BCUT2D eigenvalue weighted by Gasteiger charge is 2.72. The van der Waals surface area contributed by atoms with Gasteiger partial charge in [-0.2, -0.15) is 26.3 Å². The quantitative estimate of drug-likeness (QED) is 0.564. The van der Waals surface area contributed by atoms with Crippen LogP contribution in [0.15, 0.2) is 0 Å². The zero-order valence-electron chi connectivity index (χ0n) is 6.30. The first-order valence-corrected chi connectivity index (χ1v) is 3.01. The second-order valence-electron chi connectivity index (χ2n) is 2.44. The summed E-state index contributed by atoms with van der Waals surface area (Å²) in [5, 5.41) is 0. The molecule has 2 N–H and O–H groups in total. The summed E-state index contributed by atoms with van der Waals surface area (Å²) in [7, 11) is 0. The van der Waals surface area contributed by atoms with Crippen molar-refractivity contribution in [2.24, 2.45) is 5.73 Å². The SMILES string of the molecule is CC(F)C(F)(F)C(F)(F)C(N)(F)F. The summed E-state index contributed by atoms with van der Waals surface area (Å²) in [4.78, 5) is 0. The number of halogens is 7. The Labute approximate surface area is 68.7 Å². The Morgan fingerprint density at radius 3 is 1.38 bits per heavy atom. The van der Waals surface area contributed by atoms with Crippen molar-refractivity contribution < 1.29 is 30.7 Å². The third-order valence-electron chi connectivity index (χ3n) is 1.34. The first-order valence-electron chi connectivity index (χ1n) is 3.01. The van der Waals surface area contributed by atoms with Crippen LogP contribution in [-0.4, -0.2) is 24.1 Å². The van der Waals surface area contributed by atoms with E-state index >= 15 is 0 Å². The van der Waals surface area contributed by atoms with Crippen molar-refractivity contribution >= 4 is 0 Å². The smallest absolute Gasteiger partial charge is 0.267 e. The molecule has 0 aliphatic heterocycles. The molecule has 0 heterocycles. The number of alkyl halides is 7. The van der Waals surface area contributed by atoms with E-state index in [2.05, 4.69) is 5.73 Å². The van der Waals surface area contributed by atoms with Gasteiger partial charge in [0.1, 0.15) is 0 Å². The normalized spacial score (nSPS) is 17.3. The van der Waals surface area contributed by atoms with Gasteiger partial charge in [0.05, 0.1) is 0 Å². The highest BCUT2D eigenvalue weighted by molar-refractivity contribution is 4.96. The van der Waals surface area contributed by atoms with E-state index in [1.807, 2.05) is 0 Å². The fourth-order valence-corrected chi connectivity index (χ4v) is 0.472. The van der Waals surface area contributed by atoms with Crippen molar-refractivity contribution in [1.29, 1.82) is 0 Å². The van der Waals surface area contributed by atoms with Crippen LogP contribution in [0.5, 0.6) is 0 Å². The molecule has 0 saturated carbocycles. The molecule has 0 saturated heterocycles. The van der Waals surface area contributed by atoms with Crippen LogP contribution in [0.4, 0.5) is 30.7 Å². The fraction of sp³-hybridized carbons (Fsp3) is 1.00. The monoisotopic (exact) mass is 213 g/mol. The molecule has 0 amide bonds. The Bertz CT molecular complexity index is 182. The molecule has 0 aromatic rings. The lowest BCUT2D eigenvalue weighted by atomic mass is 10.1. The van der Waals surface area contributed by atoms with Crippen molar-refractivity contribution in [2.45, 2.75) is 31.0 Å². The second-order valence-corrected chi connectivity index (χ2v) is 2.44. The number of rotatable bonds is 3. The van der Waals surface area contributed by atoms with Gasteiger partial charge >= 0.3 is 17.9 Å². The minimum absolute atomic E-state index is 0.0413. The van der Waals surface area contributed by atoms with Crippen molar-refractivity contribution in [1.82, 2.24) is 0 Å². The van der Waals surface area contributed by atoms with Crippen LogP contribution in [0.3, 0.4) is 0 Å². The van der Waals surface area contributed by atoms with Gasteiger partial charge in [0, 0.05) is 0 Å². The summed E-state index contributed by atoms with van der Waals surface area (Å²) in [6, 6.07) is -5.46. The molecule has 0 rings (SSSR count). The summed E-state index contributed by atoms with van der Waals surface area (Å²) in [5.74, 6) is -11.4. The Morgan fingerprint density at radius 2 is 1.31 bits per heavy atom. The van der Waals surface area contributed by atoms with Gasteiger partial charge in [-0.1, -0.05) is 0 Å². The molecule has 1 atom stereocenters. The van der Waals surface area contributed by atoms with E-state index in [0.29, 0.717) is 0 Å². The third-order valence-corrected chi connectivity index (χ3v) is 1.34. The second kappa shape index (κ2) is 3.00. The molecule has 0 fully saturated rings. The van der Waals surface area contributed by atoms with E-state index in [-0.39, 0.29) is 6.92 Å². The molecule has 0 aromatic carbocycles. The first kappa shape index (κ1) is 12.5. The largest absolute Gasteiger partial charge is 0.388 e. The molecule has 0 spiro atoms. The van der Waals surface area contributed by atoms with Crippen LogP contribution in [0.2, 0.25) is 0 Å². The summed E-state index contributed by atoms with van der Waals surface area (Å²) in [6.45, 7) is 0.0413. The molecule has 0 aliphatic rings. The van der Waals surface area contributed by atoms with E-state index in [1.54, 1.807) is 0 Å². The van der Waals surface area contributed by atoms with Crippen LogP contribution >= 0.6 is 0 Å². The van der Waals surface area contributed by atoms with E-state index in [0.717, 1.165) is 0 Å². The lowest BCUT2D eigenvalue weighted by Gasteiger charge is -2.30. The summed E-state index contributed by atoms with van der Waals surface area (Å²) in [6.07, 6.45) is -3.42. The van der Waals surface area contributed by atoms with E-state index in [4.69, 9.17) is 0 Å². The van der Waals surface area contributed by atoms with Crippen molar-refractivity contribution in [3.63, 3.8) is 0 Å². The zero-order chi connectivity index (χ0) is 11.1. The van der Waals surface area contributed by atoms with Gasteiger partial charge in [-0.3, -0.25) is 5.73 Å². The third kappa shape index (κ3) is 1.87. The first-order chi connectivity index (χ1) is 5.44. The number of hydrogen-bond acceptors (Lipinski definition) is 1. The summed E-state index contributed by atoms with van der Waals surface area (Å²) < 4.78 is 83.8. The minimum atomic E-state index is -5.91. The molecule has 13 heavy (non-hydrogen) atoms. The molecule has 80 valence electrons. The van der Waals surface area contributed by atoms with Gasteiger partial charge < -0.3 is 0 Å². The molecule has 8 heteroatoms. The van der Waals surface area contributed by atoms with Gasteiger partial charge in [-0.15, -0.1) is 0 Å².